The van der Waals surface area contributed by atoms with Crippen LogP contribution in [0.5, 0.6) is 5.75 Å². The zero-order valence-corrected chi connectivity index (χ0v) is 19.3. The van der Waals surface area contributed by atoms with Gasteiger partial charge in [-0.3, -0.25) is 24.3 Å². The van der Waals surface area contributed by atoms with E-state index in [1.807, 2.05) is 31.2 Å². The van der Waals surface area contributed by atoms with Crippen molar-refractivity contribution >= 4 is 11.8 Å². The molecule has 0 spiro atoms. The van der Waals surface area contributed by atoms with Gasteiger partial charge in [0.1, 0.15) is 5.75 Å². The number of benzene rings is 1. The number of carbonyl (C=O) groups is 2. The van der Waals surface area contributed by atoms with Crippen LogP contribution in [0.1, 0.15) is 25.8 Å². The lowest BCUT2D eigenvalue weighted by Crippen LogP contribution is -2.47. The summed E-state index contributed by atoms with van der Waals surface area (Å²) in [6.07, 6.45) is 0.935. The van der Waals surface area contributed by atoms with Crippen molar-refractivity contribution in [3.05, 3.63) is 29.8 Å². The van der Waals surface area contributed by atoms with Gasteiger partial charge in [0.15, 0.2) is 0 Å². The van der Waals surface area contributed by atoms with Crippen molar-refractivity contribution in [2.75, 3.05) is 72.4 Å². The average Bonchev–Trinajstić information content (AvgIpc) is 3.01. The molecule has 0 unspecified atom stereocenters. The van der Waals surface area contributed by atoms with E-state index in [4.69, 9.17) is 14.2 Å². The largest absolute Gasteiger partial charge is 0.494 e. The quantitative estimate of drug-likeness (QED) is 0.559. The fraction of sp³-hybridized carbons (Fsp3) is 0.667. The molecule has 0 radical (unpaired) electrons. The minimum Gasteiger partial charge on any atom is -0.494 e. The number of imide groups is 1. The molecule has 0 aliphatic carbocycles. The van der Waals surface area contributed by atoms with Crippen molar-refractivity contribution in [2.24, 2.45) is 5.92 Å². The van der Waals surface area contributed by atoms with Gasteiger partial charge in [-0.15, -0.1) is 0 Å². The highest BCUT2D eigenvalue weighted by molar-refractivity contribution is 6.10. The van der Waals surface area contributed by atoms with Gasteiger partial charge in [0, 0.05) is 32.7 Å². The van der Waals surface area contributed by atoms with Crippen LogP contribution >= 0.6 is 0 Å². The summed E-state index contributed by atoms with van der Waals surface area (Å²) in [5.41, 5.74) is -0.0484. The SMILES string of the molecule is CCCOc1ccc([C@]2(C)C(=O)N(CN3CCOCC3)C(=O)[C@@H]2CN2CCOCC2)cc1. The summed E-state index contributed by atoms with van der Waals surface area (Å²) >= 11 is 0. The maximum atomic E-state index is 13.8. The molecule has 0 N–H and O–H groups in total. The lowest BCUT2D eigenvalue weighted by atomic mass is 9.73. The third-order valence-corrected chi connectivity index (χ3v) is 6.87. The highest BCUT2D eigenvalue weighted by Crippen LogP contribution is 2.42. The van der Waals surface area contributed by atoms with Gasteiger partial charge in [-0.25, -0.2) is 0 Å². The molecule has 1 aromatic carbocycles. The molecule has 2 atom stereocenters. The van der Waals surface area contributed by atoms with Gasteiger partial charge in [0.05, 0.1) is 51.0 Å². The second kappa shape index (κ2) is 10.3. The Kier molecular flexibility index (Phi) is 7.45. The van der Waals surface area contributed by atoms with Crippen LogP contribution in [0.25, 0.3) is 0 Å². The van der Waals surface area contributed by atoms with E-state index in [0.717, 1.165) is 43.9 Å². The molecule has 3 fully saturated rings. The van der Waals surface area contributed by atoms with Gasteiger partial charge >= 0.3 is 0 Å². The monoisotopic (exact) mass is 445 g/mol. The summed E-state index contributed by atoms with van der Waals surface area (Å²) in [4.78, 5) is 33.3. The fourth-order valence-corrected chi connectivity index (χ4v) is 4.79. The highest BCUT2D eigenvalue weighted by atomic mass is 16.5. The van der Waals surface area contributed by atoms with E-state index in [1.165, 1.54) is 4.90 Å². The van der Waals surface area contributed by atoms with Crippen LogP contribution in [-0.4, -0.2) is 98.9 Å². The summed E-state index contributed by atoms with van der Waals surface area (Å²) in [6, 6.07) is 7.70. The molecule has 3 heterocycles. The van der Waals surface area contributed by atoms with E-state index in [0.29, 0.717) is 46.2 Å². The maximum Gasteiger partial charge on any atom is 0.241 e. The van der Waals surface area contributed by atoms with E-state index in [1.54, 1.807) is 0 Å². The Morgan fingerprint density at radius 2 is 1.56 bits per heavy atom. The summed E-state index contributed by atoms with van der Waals surface area (Å²) in [5, 5.41) is 0. The minimum absolute atomic E-state index is 0.0817. The fourth-order valence-electron chi connectivity index (χ4n) is 4.79. The zero-order chi connectivity index (χ0) is 22.6. The van der Waals surface area contributed by atoms with Gasteiger partial charge in [0.2, 0.25) is 11.8 Å². The average molecular weight is 446 g/mol. The number of morpholine rings is 2. The first kappa shape index (κ1) is 23.2. The predicted molar refractivity (Wildman–Crippen MR) is 119 cm³/mol. The van der Waals surface area contributed by atoms with Crippen LogP contribution in [0.3, 0.4) is 0 Å². The van der Waals surface area contributed by atoms with Crippen molar-refractivity contribution in [2.45, 2.75) is 25.7 Å². The summed E-state index contributed by atoms with van der Waals surface area (Å²) in [5.74, 6) is 0.152. The van der Waals surface area contributed by atoms with E-state index >= 15 is 0 Å². The van der Waals surface area contributed by atoms with E-state index in [2.05, 4.69) is 16.7 Å². The maximum absolute atomic E-state index is 13.8. The first-order valence-corrected chi connectivity index (χ1v) is 11.7. The van der Waals surface area contributed by atoms with Crippen LogP contribution in [-0.2, 0) is 24.5 Å². The molecule has 0 aromatic heterocycles. The van der Waals surface area contributed by atoms with Gasteiger partial charge in [-0.05, 0) is 31.0 Å². The Morgan fingerprint density at radius 1 is 0.969 bits per heavy atom. The van der Waals surface area contributed by atoms with Crippen LogP contribution in [0.2, 0.25) is 0 Å². The summed E-state index contributed by atoms with van der Waals surface area (Å²) in [6.45, 7) is 11.1. The molecule has 2 amide bonds. The smallest absolute Gasteiger partial charge is 0.241 e. The van der Waals surface area contributed by atoms with Crippen molar-refractivity contribution < 1.29 is 23.8 Å². The molecule has 4 rings (SSSR count). The Bertz CT molecular complexity index is 789. The second-order valence-corrected chi connectivity index (χ2v) is 8.98. The molecule has 0 bridgehead atoms. The number of ether oxygens (including phenoxy) is 3. The Morgan fingerprint density at radius 3 is 2.16 bits per heavy atom. The van der Waals surface area contributed by atoms with Gasteiger partial charge < -0.3 is 14.2 Å². The standard InChI is InChI=1S/C24H35N3O5/c1-3-12-32-20-6-4-19(5-7-20)24(2)21(17-25-8-13-30-14-9-25)22(28)27(23(24)29)18-26-10-15-31-16-11-26/h4-7,21H,3,8-18H2,1-2H3/t21-,24-/m0/s1. The van der Waals surface area contributed by atoms with Crippen molar-refractivity contribution in [3.63, 3.8) is 0 Å². The van der Waals surface area contributed by atoms with E-state index in [-0.39, 0.29) is 11.8 Å². The minimum atomic E-state index is -0.912. The lowest BCUT2D eigenvalue weighted by Gasteiger charge is -2.34. The number of rotatable bonds is 8. The molecule has 3 aliphatic heterocycles. The van der Waals surface area contributed by atoms with Crippen molar-refractivity contribution in [1.29, 1.82) is 0 Å². The Balaban J connectivity index is 1.60. The number of hydrogen-bond acceptors (Lipinski definition) is 7. The topological polar surface area (TPSA) is 71.6 Å². The molecular weight excluding hydrogens is 410 g/mol. The third kappa shape index (κ3) is 4.69. The first-order valence-electron chi connectivity index (χ1n) is 11.7. The van der Waals surface area contributed by atoms with E-state index in [9.17, 15) is 9.59 Å². The van der Waals surface area contributed by atoms with Crippen LogP contribution < -0.4 is 4.74 Å². The number of nitrogens with zero attached hydrogens (tertiary/aromatic N) is 3. The number of amides is 2. The van der Waals surface area contributed by atoms with Crippen molar-refractivity contribution in [1.82, 2.24) is 14.7 Å². The number of carbonyl (C=O) groups excluding carboxylic acids is 2. The molecule has 176 valence electrons. The van der Waals surface area contributed by atoms with Gasteiger partial charge in [0.25, 0.3) is 0 Å². The first-order chi connectivity index (χ1) is 15.5. The molecular formula is C24H35N3O5. The molecule has 32 heavy (non-hydrogen) atoms. The molecule has 3 aliphatic rings. The van der Waals surface area contributed by atoms with Crippen molar-refractivity contribution in [3.8, 4) is 5.75 Å². The van der Waals surface area contributed by atoms with E-state index < -0.39 is 11.3 Å². The normalized spacial score (nSPS) is 27.8. The molecule has 0 saturated carbocycles. The Labute approximate surface area is 190 Å². The third-order valence-electron chi connectivity index (χ3n) is 6.87. The summed E-state index contributed by atoms with van der Waals surface area (Å²) in [7, 11) is 0. The highest BCUT2D eigenvalue weighted by Gasteiger charge is 2.57. The lowest BCUT2D eigenvalue weighted by molar-refractivity contribution is -0.143. The molecule has 1 aromatic rings. The Hall–Kier alpha value is -2.00. The number of hydrogen-bond donors (Lipinski definition) is 0. The molecule has 8 nitrogen and oxygen atoms in total. The summed E-state index contributed by atoms with van der Waals surface area (Å²) < 4.78 is 16.6. The molecule has 8 heteroatoms. The van der Waals surface area contributed by atoms with Crippen LogP contribution in [0.15, 0.2) is 24.3 Å². The van der Waals surface area contributed by atoms with Gasteiger partial charge in [-0.1, -0.05) is 19.1 Å². The van der Waals surface area contributed by atoms with Gasteiger partial charge in [-0.2, -0.15) is 0 Å². The van der Waals surface area contributed by atoms with Crippen LogP contribution in [0.4, 0.5) is 0 Å². The van der Waals surface area contributed by atoms with Crippen LogP contribution in [0, 0.1) is 5.92 Å². The predicted octanol–water partition coefficient (Wildman–Crippen LogP) is 1.34. The second-order valence-electron chi connectivity index (χ2n) is 8.98. The number of likely N-dealkylation sites (tertiary alicyclic amines) is 1. The molecule has 3 saturated heterocycles. The zero-order valence-electron chi connectivity index (χ0n) is 19.3.